The number of hydrogen-bond acceptors (Lipinski definition) is 4. The van der Waals surface area contributed by atoms with Crippen LogP contribution in [0.3, 0.4) is 0 Å². The highest BCUT2D eigenvalue weighted by Crippen LogP contribution is 2.24. The minimum Gasteiger partial charge on any atom is -0.491 e. The Balaban J connectivity index is 1.85. The van der Waals surface area contributed by atoms with Crippen LogP contribution in [-0.2, 0) is 0 Å². The number of aryl methyl sites for hydroxylation is 1. The van der Waals surface area contributed by atoms with Gasteiger partial charge in [0.2, 0.25) is 5.95 Å². The van der Waals surface area contributed by atoms with E-state index in [9.17, 15) is 9.90 Å². The molecule has 0 spiro atoms. The number of imidazole rings is 1. The fraction of sp³-hybridized carbons (Fsp3) is 0.222. The summed E-state index contributed by atoms with van der Waals surface area (Å²) >= 11 is 0. The normalized spacial score (nSPS) is 11.0. The van der Waals surface area contributed by atoms with E-state index in [1.54, 1.807) is 19.1 Å². The average Bonchev–Trinajstić information content (AvgIpc) is 2.92. The van der Waals surface area contributed by atoms with Gasteiger partial charge in [0.05, 0.1) is 22.7 Å². The van der Waals surface area contributed by atoms with Crippen molar-refractivity contribution in [3.63, 3.8) is 0 Å². The van der Waals surface area contributed by atoms with E-state index in [0.29, 0.717) is 17.0 Å². The number of aromatic carboxylic acids is 1. The van der Waals surface area contributed by atoms with Crippen LogP contribution in [0.5, 0.6) is 5.75 Å². The van der Waals surface area contributed by atoms with Crippen LogP contribution in [0.4, 0.5) is 11.6 Å². The van der Waals surface area contributed by atoms with Crippen molar-refractivity contribution in [3.8, 4) is 5.75 Å². The predicted octanol–water partition coefficient (Wildman–Crippen LogP) is 4.10. The van der Waals surface area contributed by atoms with Crippen LogP contribution in [0, 0.1) is 6.92 Å². The molecule has 0 radical (unpaired) electrons. The maximum atomic E-state index is 11.2. The SMILES string of the molecule is Cc1c(C(=O)O)ccc2[nH]c(Nc3ccc(OC(C)C)cc3)nc12. The van der Waals surface area contributed by atoms with Gasteiger partial charge in [-0.3, -0.25) is 0 Å². The summed E-state index contributed by atoms with van der Waals surface area (Å²) in [6.07, 6.45) is 0.130. The number of carbonyl (C=O) groups is 1. The molecule has 24 heavy (non-hydrogen) atoms. The third-order valence-corrected chi connectivity index (χ3v) is 3.63. The van der Waals surface area contributed by atoms with E-state index in [1.807, 2.05) is 38.1 Å². The van der Waals surface area contributed by atoms with Crippen LogP contribution < -0.4 is 10.1 Å². The first-order chi connectivity index (χ1) is 11.4. The summed E-state index contributed by atoms with van der Waals surface area (Å²) in [5, 5.41) is 12.4. The van der Waals surface area contributed by atoms with E-state index in [-0.39, 0.29) is 11.7 Å². The Morgan fingerprint density at radius 2 is 1.92 bits per heavy atom. The number of aromatic nitrogens is 2. The largest absolute Gasteiger partial charge is 0.491 e. The summed E-state index contributed by atoms with van der Waals surface area (Å²) in [6, 6.07) is 10.9. The maximum absolute atomic E-state index is 11.2. The molecule has 0 aliphatic heterocycles. The highest BCUT2D eigenvalue weighted by molar-refractivity contribution is 5.96. The molecule has 0 unspecified atom stereocenters. The van der Waals surface area contributed by atoms with Gasteiger partial charge in [0.1, 0.15) is 5.75 Å². The zero-order valence-electron chi connectivity index (χ0n) is 13.8. The van der Waals surface area contributed by atoms with Crippen molar-refractivity contribution < 1.29 is 14.6 Å². The van der Waals surface area contributed by atoms with Gasteiger partial charge >= 0.3 is 5.97 Å². The molecule has 0 atom stereocenters. The number of hydrogen-bond donors (Lipinski definition) is 3. The average molecular weight is 325 g/mol. The molecule has 6 heteroatoms. The number of benzene rings is 2. The van der Waals surface area contributed by atoms with Gasteiger partial charge in [0.25, 0.3) is 0 Å². The monoisotopic (exact) mass is 325 g/mol. The number of aromatic amines is 1. The molecule has 0 saturated carbocycles. The Morgan fingerprint density at radius 3 is 2.54 bits per heavy atom. The number of H-pyrrole nitrogens is 1. The highest BCUT2D eigenvalue weighted by atomic mass is 16.5. The lowest BCUT2D eigenvalue weighted by molar-refractivity contribution is 0.0696. The molecule has 1 aromatic heterocycles. The van der Waals surface area contributed by atoms with Crippen molar-refractivity contribution in [1.82, 2.24) is 9.97 Å². The molecule has 3 rings (SSSR count). The van der Waals surface area contributed by atoms with E-state index in [4.69, 9.17) is 4.74 Å². The second-order valence-corrected chi connectivity index (χ2v) is 5.84. The third kappa shape index (κ3) is 3.17. The number of carboxylic acid groups (broad SMARTS) is 1. The third-order valence-electron chi connectivity index (χ3n) is 3.63. The molecule has 1 heterocycles. The first kappa shape index (κ1) is 15.9. The number of carboxylic acids is 1. The van der Waals surface area contributed by atoms with Crippen LogP contribution >= 0.6 is 0 Å². The molecule has 0 aliphatic rings. The first-order valence-electron chi connectivity index (χ1n) is 7.70. The van der Waals surface area contributed by atoms with E-state index in [0.717, 1.165) is 17.0 Å². The predicted molar refractivity (Wildman–Crippen MR) is 93.3 cm³/mol. The Bertz CT molecular complexity index is 882. The first-order valence-corrected chi connectivity index (χ1v) is 7.70. The van der Waals surface area contributed by atoms with Gasteiger partial charge in [-0.1, -0.05) is 0 Å². The van der Waals surface area contributed by atoms with Crippen molar-refractivity contribution in [3.05, 3.63) is 47.5 Å². The lowest BCUT2D eigenvalue weighted by atomic mass is 10.1. The van der Waals surface area contributed by atoms with Crippen molar-refractivity contribution in [2.24, 2.45) is 0 Å². The zero-order chi connectivity index (χ0) is 17.3. The van der Waals surface area contributed by atoms with Crippen LogP contribution in [0.15, 0.2) is 36.4 Å². The molecule has 3 aromatic rings. The molecule has 3 N–H and O–H groups in total. The Kier molecular flexibility index (Phi) is 4.12. The fourth-order valence-corrected chi connectivity index (χ4v) is 2.53. The molecular weight excluding hydrogens is 306 g/mol. The molecular formula is C18H19N3O3. The van der Waals surface area contributed by atoms with Crippen molar-refractivity contribution in [2.75, 3.05) is 5.32 Å². The second-order valence-electron chi connectivity index (χ2n) is 5.84. The van der Waals surface area contributed by atoms with Gasteiger partial charge in [0, 0.05) is 5.69 Å². The molecule has 0 saturated heterocycles. The van der Waals surface area contributed by atoms with Gasteiger partial charge in [-0.15, -0.1) is 0 Å². The molecule has 0 bridgehead atoms. The summed E-state index contributed by atoms with van der Waals surface area (Å²) in [5.41, 5.74) is 3.21. The van der Waals surface area contributed by atoms with E-state index in [1.165, 1.54) is 0 Å². The number of anilines is 2. The van der Waals surface area contributed by atoms with Crippen LogP contribution in [0.1, 0.15) is 29.8 Å². The maximum Gasteiger partial charge on any atom is 0.336 e. The summed E-state index contributed by atoms with van der Waals surface area (Å²) in [4.78, 5) is 18.8. The molecule has 0 aliphatic carbocycles. The smallest absolute Gasteiger partial charge is 0.336 e. The minimum absolute atomic E-state index is 0.130. The minimum atomic E-state index is -0.951. The van der Waals surface area contributed by atoms with Gasteiger partial charge in [-0.25, -0.2) is 9.78 Å². The standard InChI is InChI=1S/C18H19N3O3/c1-10(2)24-13-6-4-12(5-7-13)19-18-20-15-9-8-14(17(22)23)11(3)16(15)21-18/h4-10H,1-3H3,(H,22,23)(H2,19,20,21). The summed E-state index contributed by atoms with van der Waals surface area (Å²) in [6.45, 7) is 5.72. The zero-order valence-corrected chi connectivity index (χ0v) is 13.8. The number of ether oxygens (including phenoxy) is 1. The number of fused-ring (bicyclic) bond motifs is 1. The lowest BCUT2D eigenvalue weighted by Crippen LogP contribution is -2.05. The number of nitrogens with zero attached hydrogens (tertiary/aromatic N) is 1. The highest BCUT2D eigenvalue weighted by Gasteiger charge is 2.13. The van der Waals surface area contributed by atoms with Gasteiger partial charge in [-0.05, 0) is 62.7 Å². The van der Waals surface area contributed by atoms with E-state index < -0.39 is 5.97 Å². The van der Waals surface area contributed by atoms with Crippen molar-refractivity contribution in [2.45, 2.75) is 26.9 Å². The molecule has 2 aromatic carbocycles. The summed E-state index contributed by atoms with van der Waals surface area (Å²) in [7, 11) is 0. The molecule has 124 valence electrons. The van der Waals surface area contributed by atoms with Crippen LogP contribution in [0.25, 0.3) is 11.0 Å². The summed E-state index contributed by atoms with van der Waals surface area (Å²) in [5.74, 6) is 0.419. The Labute approximate surface area is 139 Å². The second kappa shape index (κ2) is 6.23. The fourth-order valence-electron chi connectivity index (χ4n) is 2.53. The lowest BCUT2D eigenvalue weighted by Gasteiger charge is -2.10. The topological polar surface area (TPSA) is 87.2 Å². The van der Waals surface area contributed by atoms with Gasteiger partial charge in [-0.2, -0.15) is 0 Å². The van der Waals surface area contributed by atoms with Crippen LogP contribution in [0.2, 0.25) is 0 Å². The van der Waals surface area contributed by atoms with Crippen LogP contribution in [-0.4, -0.2) is 27.1 Å². The molecule has 6 nitrogen and oxygen atoms in total. The molecule has 0 fully saturated rings. The Hall–Kier alpha value is -3.02. The van der Waals surface area contributed by atoms with Crippen molar-refractivity contribution >= 4 is 28.6 Å². The van der Waals surface area contributed by atoms with Gasteiger partial charge in [0.15, 0.2) is 0 Å². The summed E-state index contributed by atoms with van der Waals surface area (Å²) < 4.78 is 5.61. The van der Waals surface area contributed by atoms with E-state index >= 15 is 0 Å². The van der Waals surface area contributed by atoms with E-state index in [2.05, 4.69) is 15.3 Å². The Morgan fingerprint density at radius 1 is 1.21 bits per heavy atom. The van der Waals surface area contributed by atoms with Gasteiger partial charge < -0.3 is 20.1 Å². The number of rotatable bonds is 5. The molecule has 0 amide bonds. The van der Waals surface area contributed by atoms with Crippen molar-refractivity contribution in [1.29, 1.82) is 0 Å². The quantitative estimate of drug-likeness (QED) is 0.657. The number of nitrogens with one attached hydrogen (secondary N) is 2.